The summed E-state index contributed by atoms with van der Waals surface area (Å²) in [7, 11) is 0. The average molecular weight is 243 g/mol. The molecule has 0 unspecified atom stereocenters. The van der Waals surface area contributed by atoms with Gasteiger partial charge in [0.25, 0.3) is 0 Å². The van der Waals surface area contributed by atoms with Crippen LogP contribution in [0, 0.1) is 0 Å². The van der Waals surface area contributed by atoms with Gasteiger partial charge in [0.2, 0.25) is 0 Å². The van der Waals surface area contributed by atoms with Crippen molar-refractivity contribution in [2.75, 3.05) is 19.1 Å². The van der Waals surface area contributed by atoms with Crippen molar-refractivity contribution in [1.82, 2.24) is 0 Å². The van der Waals surface area contributed by atoms with Crippen molar-refractivity contribution < 1.29 is 14.3 Å². The van der Waals surface area contributed by atoms with E-state index in [2.05, 4.69) is 0 Å². The predicted molar refractivity (Wildman–Crippen MR) is 63.0 cm³/mol. The lowest BCUT2D eigenvalue weighted by Gasteiger charge is -2.05. The number of alkyl halides is 1. The van der Waals surface area contributed by atoms with E-state index >= 15 is 0 Å². The summed E-state index contributed by atoms with van der Waals surface area (Å²) in [5.74, 6) is 1.01. The summed E-state index contributed by atoms with van der Waals surface area (Å²) in [5.41, 5.74) is 0.914. The summed E-state index contributed by atoms with van der Waals surface area (Å²) >= 11 is 5.50. The first-order valence-electron chi connectivity index (χ1n) is 5.19. The number of rotatable bonds is 6. The van der Waals surface area contributed by atoms with E-state index in [1.165, 1.54) is 0 Å². The maximum atomic E-state index is 11.2. The first kappa shape index (κ1) is 12.8. The van der Waals surface area contributed by atoms with Crippen LogP contribution in [0.4, 0.5) is 0 Å². The van der Waals surface area contributed by atoms with Crippen LogP contribution in [-0.4, -0.2) is 25.1 Å². The number of carbonyl (C=O) groups excluding carboxylic acids is 1. The van der Waals surface area contributed by atoms with Crippen LogP contribution in [0.3, 0.4) is 0 Å². The first-order valence-corrected chi connectivity index (χ1v) is 5.73. The number of ether oxygens (including phenoxy) is 2. The van der Waals surface area contributed by atoms with Gasteiger partial charge in [0, 0.05) is 0 Å². The van der Waals surface area contributed by atoms with Gasteiger partial charge in [0.15, 0.2) is 0 Å². The summed E-state index contributed by atoms with van der Waals surface area (Å²) in [6.45, 7) is 2.69. The first-order chi connectivity index (χ1) is 7.76. The highest BCUT2D eigenvalue weighted by molar-refractivity contribution is 6.18. The van der Waals surface area contributed by atoms with Gasteiger partial charge in [-0.25, -0.2) is 0 Å². The largest absolute Gasteiger partial charge is 0.492 e. The minimum atomic E-state index is -0.211. The fourth-order valence-electron chi connectivity index (χ4n) is 1.24. The predicted octanol–water partition coefficient (Wildman–Crippen LogP) is 2.41. The van der Waals surface area contributed by atoms with Crippen molar-refractivity contribution in [3.05, 3.63) is 29.8 Å². The van der Waals surface area contributed by atoms with Gasteiger partial charge in [-0.3, -0.25) is 4.79 Å². The normalized spacial score (nSPS) is 9.88. The summed E-state index contributed by atoms with van der Waals surface area (Å²) in [6.07, 6.45) is 0.295. The van der Waals surface area contributed by atoms with Gasteiger partial charge in [0.05, 0.1) is 18.9 Å². The minimum absolute atomic E-state index is 0.211. The SMILES string of the molecule is CCOC(=O)Cc1ccc(OCCCl)cc1. The molecule has 4 heteroatoms. The number of esters is 1. The standard InChI is InChI=1S/C12H15ClO3/c1-2-15-12(14)9-10-3-5-11(6-4-10)16-8-7-13/h3-6H,2,7-9H2,1H3. The average Bonchev–Trinajstić information content (AvgIpc) is 2.28. The zero-order valence-corrected chi connectivity index (χ0v) is 10.00. The molecule has 0 bridgehead atoms. The molecule has 0 fully saturated rings. The Morgan fingerprint density at radius 3 is 2.56 bits per heavy atom. The van der Waals surface area contributed by atoms with Gasteiger partial charge in [-0.1, -0.05) is 12.1 Å². The van der Waals surface area contributed by atoms with E-state index in [4.69, 9.17) is 21.1 Å². The molecule has 1 aromatic rings. The smallest absolute Gasteiger partial charge is 0.310 e. The summed E-state index contributed by atoms with van der Waals surface area (Å²) in [6, 6.07) is 7.34. The third-order valence-corrected chi connectivity index (χ3v) is 2.08. The lowest BCUT2D eigenvalue weighted by molar-refractivity contribution is -0.142. The Balaban J connectivity index is 2.47. The highest BCUT2D eigenvalue weighted by Gasteiger charge is 2.03. The fourth-order valence-corrected chi connectivity index (χ4v) is 1.32. The molecule has 0 spiro atoms. The van der Waals surface area contributed by atoms with Crippen LogP contribution in [0.1, 0.15) is 12.5 Å². The molecule has 1 rings (SSSR count). The molecule has 16 heavy (non-hydrogen) atoms. The van der Waals surface area contributed by atoms with Crippen molar-refractivity contribution >= 4 is 17.6 Å². The third-order valence-electron chi connectivity index (χ3n) is 1.92. The molecule has 0 N–H and O–H groups in total. The maximum absolute atomic E-state index is 11.2. The number of hydrogen-bond acceptors (Lipinski definition) is 3. The molecule has 0 saturated carbocycles. The monoisotopic (exact) mass is 242 g/mol. The minimum Gasteiger partial charge on any atom is -0.492 e. The van der Waals surface area contributed by atoms with Crippen LogP contribution in [0.2, 0.25) is 0 Å². The zero-order chi connectivity index (χ0) is 11.8. The second kappa shape index (κ2) is 7.12. The van der Waals surface area contributed by atoms with Gasteiger partial charge >= 0.3 is 5.97 Å². The lowest BCUT2D eigenvalue weighted by atomic mass is 10.1. The van der Waals surface area contributed by atoms with E-state index in [1.54, 1.807) is 6.92 Å². The van der Waals surface area contributed by atoms with Crippen molar-refractivity contribution in [1.29, 1.82) is 0 Å². The van der Waals surface area contributed by atoms with Gasteiger partial charge in [-0.15, -0.1) is 11.6 Å². The number of halogens is 1. The molecule has 0 saturated heterocycles. The molecule has 3 nitrogen and oxygen atoms in total. The van der Waals surface area contributed by atoms with E-state index in [-0.39, 0.29) is 5.97 Å². The highest BCUT2D eigenvalue weighted by atomic mass is 35.5. The van der Waals surface area contributed by atoms with Crippen LogP contribution >= 0.6 is 11.6 Å². The molecular weight excluding hydrogens is 228 g/mol. The molecule has 0 amide bonds. The fraction of sp³-hybridized carbons (Fsp3) is 0.417. The van der Waals surface area contributed by atoms with Gasteiger partial charge in [0.1, 0.15) is 12.4 Å². The second-order valence-corrected chi connectivity index (χ2v) is 3.54. The van der Waals surface area contributed by atoms with Crippen LogP contribution in [-0.2, 0) is 16.0 Å². The van der Waals surface area contributed by atoms with Crippen molar-refractivity contribution in [2.45, 2.75) is 13.3 Å². The Labute approximate surface area is 100 Å². The van der Waals surface area contributed by atoms with Crippen LogP contribution in [0.5, 0.6) is 5.75 Å². The Hall–Kier alpha value is -1.22. The Kier molecular flexibility index (Phi) is 5.72. The highest BCUT2D eigenvalue weighted by Crippen LogP contribution is 2.12. The van der Waals surface area contributed by atoms with E-state index < -0.39 is 0 Å². The molecule has 1 aromatic carbocycles. The van der Waals surface area contributed by atoms with Crippen LogP contribution in [0.15, 0.2) is 24.3 Å². The maximum Gasteiger partial charge on any atom is 0.310 e. The molecule has 0 aromatic heterocycles. The van der Waals surface area contributed by atoms with Crippen LogP contribution < -0.4 is 4.74 Å². The van der Waals surface area contributed by atoms with Crippen molar-refractivity contribution in [3.63, 3.8) is 0 Å². The van der Waals surface area contributed by atoms with Gasteiger partial charge in [-0.05, 0) is 24.6 Å². The molecule has 0 aliphatic carbocycles. The molecule has 0 heterocycles. The number of carbonyl (C=O) groups is 1. The molecular formula is C12H15ClO3. The third kappa shape index (κ3) is 4.53. The summed E-state index contributed by atoms with van der Waals surface area (Å²) in [4.78, 5) is 11.2. The second-order valence-electron chi connectivity index (χ2n) is 3.16. The van der Waals surface area contributed by atoms with Crippen LogP contribution in [0.25, 0.3) is 0 Å². The van der Waals surface area contributed by atoms with Gasteiger partial charge < -0.3 is 9.47 Å². The van der Waals surface area contributed by atoms with E-state index in [0.717, 1.165) is 11.3 Å². The quantitative estimate of drug-likeness (QED) is 0.568. The molecule has 88 valence electrons. The van der Waals surface area contributed by atoms with Crippen molar-refractivity contribution in [3.8, 4) is 5.75 Å². The topological polar surface area (TPSA) is 35.5 Å². The van der Waals surface area contributed by atoms with E-state index in [0.29, 0.717) is 25.5 Å². The summed E-state index contributed by atoms with van der Waals surface area (Å²) < 4.78 is 10.2. The molecule has 0 radical (unpaired) electrons. The van der Waals surface area contributed by atoms with E-state index in [9.17, 15) is 4.79 Å². The Bertz CT molecular complexity index is 322. The zero-order valence-electron chi connectivity index (χ0n) is 9.24. The molecule has 0 aliphatic heterocycles. The summed E-state index contributed by atoms with van der Waals surface area (Å²) in [5, 5.41) is 0. The Morgan fingerprint density at radius 1 is 1.31 bits per heavy atom. The number of benzene rings is 1. The van der Waals surface area contributed by atoms with E-state index in [1.807, 2.05) is 24.3 Å². The molecule has 0 atom stereocenters. The lowest BCUT2D eigenvalue weighted by Crippen LogP contribution is -2.07. The molecule has 0 aliphatic rings. The Morgan fingerprint density at radius 2 is 2.00 bits per heavy atom. The number of hydrogen-bond donors (Lipinski definition) is 0. The van der Waals surface area contributed by atoms with Crippen molar-refractivity contribution in [2.24, 2.45) is 0 Å². The van der Waals surface area contributed by atoms with Gasteiger partial charge in [-0.2, -0.15) is 0 Å².